The summed E-state index contributed by atoms with van der Waals surface area (Å²) in [7, 11) is 1.88. The Morgan fingerprint density at radius 2 is 2.18 bits per heavy atom. The van der Waals surface area contributed by atoms with E-state index in [0.29, 0.717) is 24.8 Å². The number of imidazole rings is 1. The Morgan fingerprint density at radius 3 is 2.96 bits per heavy atom. The zero-order chi connectivity index (χ0) is 19.1. The number of hydrogen-bond acceptors (Lipinski definition) is 4. The maximum absolute atomic E-state index is 13.1. The molecule has 1 saturated carbocycles. The topological polar surface area (TPSA) is 84.6 Å². The predicted octanol–water partition coefficient (Wildman–Crippen LogP) is 2.35. The lowest BCUT2D eigenvalue weighted by Crippen LogP contribution is -2.32. The van der Waals surface area contributed by atoms with E-state index in [0.717, 1.165) is 35.1 Å². The van der Waals surface area contributed by atoms with E-state index in [-0.39, 0.29) is 5.91 Å². The van der Waals surface area contributed by atoms with Crippen LogP contribution in [0.25, 0.3) is 11.0 Å². The van der Waals surface area contributed by atoms with Crippen LogP contribution >= 0.6 is 0 Å². The van der Waals surface area contributed by atoms with Gasteiger partial charge in [-0.25, -0.2) is 4.98 Å². The maximum atomic E-state index is 13.1. The van der Waals surface area contributed by atoms with Crippen LogP contribution in [0.3, 0.4) is 0 Å². The first-order valence-electron chi connectivity index (χ1n) is 9.40. The molecular formula is C20H21N7O. The molecule has 0 bridgehead atoms. The van der Waals surface area contributed by atoms with Crippen LogP contribution in [-0.4, -0.2) is 46.4 Å². The minimum Gasteiger partial charge on any atom is -0.330 e. The van der Waals surface area contributed by atoms with Crippen LogP contribution in [0.5, 0.6) is 0 Å². The van der Waals surface area contributed by atoms with Gasteiger partial charge in [0.2, 0.25) is 0 Å². The van der Waals surface area contributed by atoms with E-state index >= 15 is 0 Å². The first-order chi connectivity index (χ1) is 13.7. The number of carbonyl (C=O) groups excluding carboxylic acids is 1. The average Bonchev–Trinajstić information content (AvgIpc) is 3.10. The molecule has 1 amide bonds. The third-order valence-corrected chi connectivity index (χ3v) is 5.08. The van der Waals surface area contributed by atoms with Crippen molar-refractivity contribution >= 4 is 16.9 Å². The van der Waals surface area contributed by atoms with Crippen LogP contribution in [0.2, 0.25) is 0 Å². The Labute approximate surface area is 161 Å². The highest BCUT2D eigenvalue weighted by atomic mass is 16.2. The average molecular weight is 375 g/mol. The number of aromatic amines is 1. The molecule has 0 saturated heterocycles. The van der Waals surface area contributed by atoms with Crippen molar-refractivity contribution in [3.05, 3.63) is 66.0 Å². The number of fused-ring (bicyclic) bond motifs is 1. The highest BCUT2D eigenvalue weighted by Gasteiger charge is 2.34. The second-order valence-corrected chi connectivity index (χ2v) is 7.33. The van der Waals surface area contributed by atoms with Gasteiger partial charge in [0.15, 0.2) is 0 Å². The van der Waals surface area contributed by atoms with Gasteiger partial charge in [-0.05, 0) is 31.0 Å². The van der Waals surface area contributed by atoms with E-state index in [1.807, 2.05) is 65.6 Å². The number of H-pyrrole nitrogens is 1. The summed E-state index contributed by atoms with van der Waals surface area (Å²) in [6, 6.07) is 10.1. The fourth-order valence-corrected chi connectivity index (χ4v) is 3.52. The third-order valence-electron chi connectivity index (χ3n) is 5.08. The molecule has 1 aliphatic rings. The van der Waals surface area contributed by atoms with Crippen molar-refractivity contribution in [2.24, 2.45) is 7.05 Å². The van der Waals surface area contributed by atoms with Gasteiger partial charge in [0.25, 0.3) is 5.91 Å². The van der Waals surface area contributed by atoms with Crippen molar-refractivity contribution in [2.75, 3.05) is 0 Å². The summed E-state index contributed by atoms with van der Waals surface area (Å²) in [5.41, 5.74) is 4.37. The molecule has 0 spiro atoms. The number of aromatic nitrogens is 6. The highest BCUT2D eigenvalue weighted by Crippen LogP contribution is 2.29. The normalized spacial score (nSPS) is 13.9. The van der Waals surface area contributed by atoms with E-state index in [9.17, 15) is 4.79 Å². The van der Waals surface area contributed by atoms with E-state index in [1.165, 1.54) is 0 Å². The maximum Gasteiger partial charge on any atom is 0.274 e. The first kappa shape index (κ1) is 16.7. The minimum absolute atomic E-state index is 0.0376. The quantitative estimate of drug-likeness (QED) is 0.561. The smallest absolute Gasteiger partial charge is 0.274 e. The van der Waals surface area contributed by atoms with Gasteiger partial charge in [-0.1, -0.05) is 12.1 Å². The molecule has 1 N–H and O–H groups in total. The summed E-state index contributed by atoms with van der Waals surface area (Å²) in [5.74, 6) is -0.0376. The molecule has 8 nitrogen and oxygen atoms in total. The van der Waals surface area contributed by atoms with E-state index in [2.05, 4.69) is 20.3 Å². The number of benzene rings is 1. The number of nitrogens with zero attached hydrogens (tertiary/aromatic N) is 6. The number of aryl methyl sites for hydroxylation is 1. The van der Waals surface area contributed by atoms with E-state index in [1.54, 1.807) is 4.68 Å². The number of nitrogens with one attached hydrogen (secondary N) is 1. The summed E-state index contributed by atoms with van der Waals surface area (Å²) >= 11 is 0. The van der Waals surface area contributed by atoms with Gasteiger partial charge in [-0.2, -0.15) is 10.2 Å². The molecule has 8 heteroatoms. The van der Waals surface area contributed by atoms with Crippen molar-refractivity contribution in [2.45, 2.75) is 32.0 Å². The van der Waals surface area contributed by atoms with Gasteiger partial charge in [-0.15, -0.1) is 0 Å². The van der Waals surface area contributed by atoms with E-state index < -0.39 is 0 Å². The number of hydrogen-bond donors (Lipinski definition) is 1. The molecule has 28 heavy (non-hydrogen) atoms. The van der Waals surface area contributed by atoms with Gasteiger partial charge < -0.3 is 9.47 Å². The molecule has 1 aromatic carbocycles. The van der Waals surface area contributed by atoms with Gasteiger partial charge in [-0.3, -0.25) is 14.6 Å². The van der Waals surface area contributed by atoms with Crippen molar-refractivity contribution < 1.29 is 4.79 Å². The fraction of sp³-hybridized carbons (Fsp3) is 0.300. The first-order valence-corrected chi connectivity index (χ1v) is 9.40. The van der Waals surface area contributed by atoms with Crippen LogP contribution in [0.1, 0.15) is 34.6 Å². The van der Waals surface area contributed by atoms with Crippen LogP contribution in [0.15, 0.2) is 49.1 Å². The molecule has 0 unspecified atom stereocenters. The Morgan fingerprint density at radius 1 is 1.32 bits per heavy atom. The Balaban J connectivity index is 1.35. The SMILES string of the molecule is Cn1cc(CN(C(=O)c2cc(Cn3cnc4ccccc43)[nH]n2)C2CC2)cn1. The van der Waals surface area contributed by atoms with Crippen molar-refractivity contribution in [3.8, 4) is 0 Å². The number of amides is 1. The minimum atomic E-state index is -0.0376. The van der Waals surface area contributed by atoms with E-state index in [4.69, 9.17) is 0 Å². The monoisotopic (exact) mass is 375 g/mol. The van der Waals surface area contributed by atoms with Crippen LogP contribution in [0, 0.1) is 0 Å². The Bertz CT molecular complexity index is 1130. The molecule has 4 aromatic rings. The molecule has 0 radical (unpaired) electrons. The van der Waals surface area contributed by atoms with Crippen molar-refractivity contribution in [1.82, 2.24) is 34.4 Å². The lowest BCUT2D eigenvalue weighted by atomic mass is 10.2. The molecule has 0 atom stereocenters. The summed E-state index contributed by atoms with van der Waals surface area (Å²) < 4.78 is 3.80. The number of rotatable bonds is 6. The molecule has 0 aliphatic heterocycles. The summed E-state index contributed by atoms with van der Waals surface area (Å²) in [5, 5.41) is 11.5. The highest BCUT2D eigenvalue weighted by molar-refractivity contribution is 5.92. The van der Waals surface area contributed by atoms with Crippen LogP contribution in [-0.2, 0) is 20.1 Å². The summed E-state index contributed by atoms with van der Waals surface area (Å²) in [6.45, 7) is 1.15. The largest absolute Gasteiger partial charge is 0.330 e. The molecule has 3 aromatic heterocycles. The van der Waals surface area contributed by atoms with Gasteiger partial charge >= 0.3 is 0 Å². The number of carbonyl (C=O) groups is 1. The summed E-state index contributed by atoms with van der Waals surface area (Å²) in [4.78, 5) is 19.4. The van der Waals surface area contributed by atoms with Crippen molar-refractivity contribution in [1.29, 1.82) is 0 Å². The molecule has 1 aliphatic carbocycles. The molecule has 5 rings (SSSR count). The predicted molar refractivity (Wildman–Crippen MR) is 104 cm³/mol. The fourth-order valence-electron chi connectivity index (χ4n) is 3.52. The molecule has 142 valence electrons. The summed E-state index contributed by atoms with van der Waals surface area (Å²) in [6.07, 6.45) is 7.66. The third kappa shape index (κ3) is 3.17. The number of para-hydroxylation sites is 2. The molecule has 1 fully saturated rings. The zero-order valence-corrected chi connectivity index (χ0v) is 15.6. The second kappa shape index (κ2) is 6.63. The molecular weight excluding hydrogens is 354 g/mol. The lowest BCUT2D eigenvalue weighted by Gasteiger charge is -2.20. The van der Waals surface area contributed by atoms with Gasteiger partial charge in [0.05, 0.1) is 35.8 Å². The zero-order valence-electron chi connectivity index (χ0n) is 15.6. The van der Waals surface area contributed by atoms with Gasteiger partial charge in [0, 0.05) is 31.4 Å². The van der Waals surface area contributed by atoms with Crippen molar-refractivity contribution in [3.63, 3.8) is 0 Å². The standard InChI is InChI=1S/C20H21N7O/c1-25-10-14(9-22-25)11-27(16-6-7-16)20(28)18-8-15(23-24-18)12-26-13-21-17-4-2-3-5-19(17)26/h2-5,8-10,13,16H,6-7,11-12H2,1H3,(H,23,24). The van der Waals surface area contributed by atoms with Crippen LogP contribution < -0.4 is 0 Å². The lowest BCUT2D eigenvalue weighted by molar-refractivity contribution is 0.0724. The Hall–Kier alpha value is -3.42. The second-order valence-electron chi connectivity index (χ2n) is 7.33. The van der Waals surface area contributed by atoms with Gasteiger partial charge in [0.1, 0.15) is 5.69 Å². The molecule has 3 heterocycles. The van der Waals surface area contributed by atoms with Crippen LogP contribution in [0.4, 0.5) is 0 Å². The Kier molecular flexibility index (Phi) is 3.96.